The second-order valence-corrected chi connectivity index (χ2v) is 5.96. The van der Waals surface area contributed by atoms with Gasteiger partial charge in [0.2, 0.25) is 0 Å². The number of hydrogen-bond donors (Lipinski definition) is 1. The molecule has 3 rings (SSSR count). The minimum atomic E-state index is 0. The van der Waals surface area contributed by atoms with E-state index < -0.39 is 0 Å². The van der Waals surface area contributed by atoms with Crippen molar-refractivity contribution in [1.29, 1.82) is 0 Å². The highest BCUT2D eigenvalue weighted by Gasteiger charge is 2.27. The van der Waals surface area contributed by atoms with Gasteiger partial charge in [-0.3, -0.25) is 4.90 Å². The third-order valence-electron chi connectivity index (χ3n) is 4.52. The van der Waals surface area contributed by atoms with Gasteiger partial charge in [-0.05, 0) is 30.5 Å². The molecule has 5 heteroatoms. The maximum Gasteiger partial charge on any atom is 0.127 e. The Morgan fingerprint density at radius 3 is 2.64 bits per heavy atom. The number of imidazole rings is 1. The van der Waals surface area contributed by atoms with Gasteiger partial charge in [0, 0.05) is 45.6 Å². The van der Waals surface area contributed by atoms with Crippen molar-refractivity contribution in [3.63, 3.8) is 0 Å². The number of hydrogen-bond acceptors (Lipinski definition) is 3. The predicted molar refractivity (Wildman–Crippen MR) is 92.4 cm³/mol. The Bertz CT molecular complexity index is 603. The molecular formula is C17H25ClN4. The van der Waals surface area contributed by atoms with Gasteiger partial charge in [-0.15, -0.1) is 12.4 Å². The number of nitrogens with zero attached hydrogens (tertiary/aromatic N) is 3. The predicted octanol–water partition coefficient (Wildman–Crippen LogP) is 2.61. The van der Waals surface area contributed by atoms with E-state index in [2.05, 4.69) is 58.9 Å². The molecule has 1 atom stereocenters. The largest absolute Gasteiger partial charge is 0.337 e. The molecule has 1 fully saturated rings. The van der Waals surface area contributed by atoms with E-state index in [1.54, 1.807) is 0 Å². The molecule has 1 aromatic carbocycles. The zero-order valence-electron chi connectivity index (χ0n) is 13.5. The van der Waals surface area contributed by atoms with Crippen LogP contribution in [0.1, 0.15) is 28.6 Å². The second kappa shape index (κ2) is 7.27. The number of nitrogens with one attached hydrogen (secondary N) is 1. The molecule has 1 N–H and O–H groups in total. The van der Waals surface area contributed by atoms with Crippen molar-refractivity contribution in [2.24, 2.45) is 7.05 Å². The normalized spacial score (nSPS) is 19.0. The van der Waals surface area contributed by atoms with Crippen LogP contribution in [0.4, 0.5) is 0 Å². The van der Waals surface area contributed by atoms with Crippen molar-refractivity contribution in [2.45, 2.75) is 26.4 Å². The first-order chi connectivity index (χ1) is 10.2. The number of piperazine rings is 1. The van der Waals surface area contributed by atoms with Crippen molar-refractivity contribution in [2.75, 3.05) is 19.6 Å². The van der Waals surface area contributed by atoms with Crippen LogP contribution in [0, 0.1) is 13.8 Å². The van der Waals surface area contributed by atoms with Crippen LogP contribution in [0.25, 0.3) is 0 Å². The van der Waals surface area contributed by atoms with Gasteiger partial charge < -0.3 is 9.88 Å². The van der Waals surface area contributed by atoms with E-state index in [9.17, 15) is 0 Å². The lowest BCUT2D eigenvalue weighted by Gasteiger charge is -2.36. The van der Waals surface area contributed by atoms with E-state index in [0.717, 1.165) is 32.0 Å². The van der Waals surface area contributed by atoms with Gasteiger partial charge in [-0.25, -0.2) is 4.98 Å². The van der Waals surface area contributed by atoms with Gasteiger partial charge in [0.05, 0.1) is 6.04 Å². The van der Waals surface area contributed by atoms with Crippen LogP contribution in [-0.2, 0) is 13.6 Å². The Hall–Kier alpha value is -1.36. The van der Waals surface area contributed by atoms with Crippen molar-refractivity contribution in [3.05, 3.63) is 53.1 Å². The number of halogens is 1. The van der Waals surface area contributed by atoms with Crippen molar-refractivity contribution in [1.82, 2.24) is 19.8 Å². The average Bonchev–Trinajstić information content (AvgIpc) is 2.90. The molecule has 120 valence electrons. The lowest BCUT2D eigenvalue weighted by molar-refractivity contribution is 0.144. The van der Waals surface area contributed by atoms with E-state index in [1.165, 1.54) is 16.7 Å². The summed E-state index contributed by atoms with van der Waals surface area (Å²) in [7, 11) is 2.08. The molecule has 1 aliphatic heterocycles. The van der Waals surface area contributed by atoms with Crippen molar-refractivity contribution >= 4 is 12.4 Å². The van der Waals surface area contributed by atoms with Crippen LogP contribution in [0.5, 0.6) is 0 Å². The lowest BCUT2D eigenvalue weighted by Crippen LogP contribution is -2.46. The van der Waals surface area contributed by atoms with E-state index in [0.29, 0.717) is 6.04 Å². The first kappa shape index (κ1) is 17.0. The molecule has 1 aromatic heterocycles. The SMILES string of the molecule is Cc1cccc(C)c1CN1CCNCC1c1nccn1C.Cl. The molecule has 2 aromatic rings. The molecule has 1 saturated heterocycles. The van der Waals surface area contributed by atoms with Gasteiger partial charge in [-0.2, -0.15) is 0 Å². The average molecular weight is 321 g/mol. The Balaban J connectivity index is 0.00000176. The van der Waals surface area contributed by atoms with Crippen LogP contribution < -0.4 is 5.32 Å². The van der Waals surface area contributed by atoms with E-state index in [4.69, 9.17) is 0 Å². The summed E-state index contributed by atoms with van der Waals surface area (Å²) in [5, 5.41) is 3.50. The first-order valence-corrected chi connectivity index (χ1v) is 7.64. The molecule has 1 aliphatic rings. The minimum Gasteiger partial charge on any atom is -0.337 e. The third-order valence-corrected chi connectivity index (χ3v) is 4.52. The standard InChI is InChI=1S/C17H24N4.ClH/c1-13-5-4-6-14(2)15(13)12-21-10-7-18-11-16(21)17-19-8-9-20(17)3;/h4-6,8-9,16,18H,7,10-12H2,1-3H3;1H. The van der Waals surface area contributed by atoms with Gasteiger partial charge in [0.15, 0.2) is 0 Å². The highest BCUT2D eigenvalue weighted by molar-refractivity contribution is 5.85. The molecule has 0 amide bonds. The number of aryl methyl sites for hydroxylation is 3. The highest BCUT2D eigenvalue weighted by Crippen LogP contribution is 2.25. The number of aromatic nitrogens is 2. The molecule has 0 bridgehead atoms. The van der Waals surface area contributed by atoms with Crippen molar-refractivity contribution in [3.8, 4) is 0 Å². The Morgan fingerprint density at radius 1 is 1.27 bits per heavy atom. The number of rotatable bonds is 3. The van der Waals surface area contributed by atoms with E-state index >= 15 is 0 Å². The smallest absolute Gasteiger partial charge is 0.127 e. The molecule has 0 spiro atoms. The van der Waals surface area contributed by atoms with Gasteiger partial charge in [0.1, 0.15) is 5.82 Å². The molecule has 0 saturated carbocycles. The highest BCUT2D eigenvalue weighted by atomic mass is 35.5. The fourth-order valence-corrected chi connectivity index (χ4v) is 3.19. The fourth-order valence-electron chi connectivity index (χ4n) is 3.19. The van der Waals surface area contributed by atoms with Crippen LogP contribution in [-0.4, -0.2) is 34.1 Å². The summed E-state index contributed by atoms with van der Waals surface area (Å²) in [5.41, 5.74) is 4.22. The topological polar surface area (TPSA) is 33.1 Å². The molecule has 0 aliphatic carbocycles. The van der Waals surface area contributed by atoms with Crippen LogP contribution in [0.3, 0.4) is 0 Å². The zero-order valence-corrected chi connectivity index (χ0v) is 14.4. The molecule has 0 radical (unpaired) electrons. The summed E-state index contributed by atoms with van der Waals surface area (Å²) < 4.78 is 2.13. The minimum absolute atomic E-state index is 0. The Morgan fingerprint density at radius 2 is 2.00 bits per heavy atom. The van der Waals surface area contributed by atoms with Crippen LogP contribution in [0.15, 0.2) is 30.6 Å². The summed E-state index contributed by atoms with van der Waals surface area (Å²) in [6.45, 7) is 8.49. The molecule has 2 heterocycles. The van der Waals surface area contributed by atoms with Crippen LogP contribution in [0.2, 0.25) is 0 Å². The number of benzene rings is 1. The van der Waals surface area contributed by atoms with E-state index in [1.807, 2.05) is 12.4 Å². The summed E-state index contributed by atoms with van der Waals surface area (Å²) in [6.07, 6.45) is 3.92. The molecule has 1 unspecified atom stereocenters. The fraction of sp³-hybridized carbons (Fsp3) is 0.471. The summed E-state index contributed by atoms with van der Waals surface area (Å²) in [5.74, 6) is 1.15. The quantitative estimate of drug-likeness (QED) is 0.943. The molecular weight excluding hydrogens is 296 g/mol. The monoisotopic (exact) mass is 320 g/mol. The summed E-state index contributed by atoms with van der Waals surface area (Å²) in [6, 6.07) is 6.90. The lowest BCUT2D eigenvalue weighted by atomic mass is 10.0. The van der Waals surface area contributed by atoms with Crippen molar-refractivity contribution < 1.29 is 0 Å². The van der Waals surface area contributed by atoms with Gasteiger partial charge in [0.25, 0.3) is 0 Å². The molecule has 22 heavy (non-hydrogen) atoms. The Labute approximate surface area is 139 Å². The second-order valence-electron chi connectivity index (χ2n) is 5.96. The molecule has 4 nitrogen and oxygen atoms in total. The third kappa shape index (κ3) is 3.35. The van der Waals surface area contributed by atoms with Crippen LogP contribution >= 0.6 is 12.4 Å². The Kier molecular flexibility index (Phi) is 5.62. The first-order valence-electron chi connectivity index (χ1n) is 7.64. The maximum atomic E-state index is 4.56. The maximum absolute atomic E-state index is 4.56. The summed E-state index contributed by atoms with van der Waals surface area (Å²) >= 11 is 0. The van der Waals surface area contributed by atoms with Gasteiger partial charge >= 0.3 is 0 Å². The summed E-state index contributed by atoms with van der Waals surface area (Å²) in [4.78, 5) is 7.11. The zero-order chi connectivity index (χ0) is 14.8. The van der Waals surface area contributed by atoms with Gasteiger partial charge in [-0.1, -0.05) is 18.2 Å². The van der Waals surface area contributed by atoms with E-state index in [-0.39, 0.29) is 12.4 Å².